The van der Waals surface area contributed by atoms with Crippen molar-refractivity contribution in [1.29, 1.82) is 0 Å². The van der Waals surface area contributed by atoms with E-state index >= 15 is 0 Å². The Bertz CT molecular complexity index is 218. The second-order valence-electron chi connectivity index (χ2n) is 2.30. The van der Waals surface area contributed by atoms with Gasteiger partial charge in [-0.3, -0.25) is 4.79 Å². The molecular formula is C9H12O2. The average Bonchev–Trinajstić information content (AvgIpc) is 1.85. The minimum atomic E-state index is -0.199. The minimum Gasteiger partial charge on any atom is -0.507 e. The molecule has 0 aliphatic carbocycles. The molecule has 0 unspecified atom stereocenters. The van der Waals surface area contributed by atoms with Crippen molar-refractivity contribution >= 4 is 5.78 Å². The second-order valence-corrected chi connectivity index (χ2v) is 2.30. The van der Waals surface area contributed by atoms with Gasteiger partial charge < -0.3 is 5.11 Å². The van der Waals surface area contributed by atoms with Crippen molar-refractivity contribution in [3.05, 3.63) is 36.1 Å². The van der Waals surface area contributed by atoms with E-state index in [4.69, 9.17) is 5.11 Å². The number of carbonyl (C=O) groups is 1. The Morgan fingerprint density at radius 3 is 2.00 bits per heavy atom. The maximum absolute atomic E-state index is 10.9. The van der Waals surface area contributed by atoms with Gasteiger partial charge >= 0.3 is 0 Å². The van der Waals surface area contributed by atoms with Crippen LogP contribution in [-0.2, 0) is 4.79 Å². The maximum atomic E-state index is 10.9. The lowest BCUT2D eigenvalue weighted by molar-refractivity contribution is -0.113. The molecule has 0 aromatic rings. The Hall–Kier alpha value is -1.31. The standard InChI is InChI=1S/C9H12O2/c1-5-8(11)9(6(2)3)7(4)10/h5,11H,1-2H2,3-4H3/b9-8-. The van der Waals surface area contributed by atoms with E-state index < -0.39 is 0 Å². The van der Waals surface area contributed by atoms with Gasteiger partial charge in [-0.05, 0) is 25.5 Å². The number of hydrogen-bond donors (Lipinski definition) is 1. The molecule has 0 saturated heterocycles. The van der Waals surface area contributed by atoms with E-state index in [1.54, 1.807) is 6.92 Å². The van der Waals surface area contributed by atoms with Gasteiger partial charge in [0, 0.05) is 0 Å². The number of allylic oxidation sites excluding steroid dienone is 3. The number of ketones is 1. The number of rotatable bonds is 3. The number of aliphatic hydroxyl groups excluding tert-OH is 1. The first-order valence-electron chi connectivity index (χ1n) is 3.23. The van der Waals surface area contributed by atoms with Gasteiger partial charge in [0.1, 0.15) is 5.76 Å². The average molecular weight is 152 g/mol. The van der Waals surface area contributed by atoms with Crippen molar-refractivity contribution in [2.24, 2.45) is 0 Å². The van der Waals surface area contributed by atoms with Crippen LogP contribution in [0.1, 0.15) is 13.8 Å². The zero-order valence-electron chi connectivity index (χ0n) is 6.85. The Kier molecular flexibility index (Phi) is 3.31. The molecule has 0 aliphatic rings. The molecule has 0 spiro atoms. The Morgan fingerprint density at radius 1 is 1.45 bits per heavy atom. The third-order valence-electron chi connectivity index (χ3n) is 1.23. The van der Waals surface area contributed by atoms with Crippen LogP contribution in [0.25, 0.3) is 0 Å². The summed E-state index contributed by atoms with van der Waals surface area (Å²) in [5.74, 6) is -0.306. The molecule has 0 bridgehead atoms. The molecule has 0 radical (unpaired) electrons. The summed E-state index contributed by atoms with van der Waals surface area (Å²) in [6.07, 6.45) is 1.23. The van der Waals surface area contributed by atoms with Crippen molar-refractivity contribution in [1.82, 2.24) is 0 Å². The predicted octanol–water partition coefficient (Wildman–Crippen LogP) is 2.15. The molecule has 2 nitrogen and oxygen atoms in total. The quantitative estimate of drug-likeness (QED) is 0.382. The zero-order valence-corrected chi connectivity index (χ0v) is 6.85. The molecule has 11 heavy (non-hydrogen) atoms. The fourth-order valence-corrected chi connectivity index (χ4v) is 0.802. The summed E-state index contributed by atoms with van der Waals surface area (Å²) < 4.78 is 0. The monoisotopic (exact) mass is 152 g/mol. The van der Waals surface area contributed by atoms with Crippen LogP contribution >= 0.6 is 0 Å². The summed E-state index contributed by atoms with van der Waals surface area (Å²) >= 11 is 0. The summed E-state index contributed by atoms with van der Waals surface area (Å²) in [5.41, 5.74) is 0.801. The molecule has 0 amide bonds. The van der Waals surface area contributed by atoms with Crippen LogP contribution in [0.4, 0.5) is 0 Å². The van der Waals surface area contributed by atoms with Gasteiger partial charge in [0.05, 0.1) is 5.57 Å². The molecule has 0 atom stereocenters. The molecule has 0 heterocycles. The first-order chi connectivity index (χ1) is 5.00. The van der Waals surface area contributed by atoms with E-state index in [9.17, 15) is 4.79 Å². The zero-order chi connectivity index (χ0) is 9.02. The number of carbonyl (C=O) groups excluding carboxylic acids is 1. The molecule has 1 N–H and O–H groups in total. The number of hydrogen-bond acceptors (Lipinski definition) is 2. The van der Waals surface area contributed by atoms with Crippen molar-refractivity contribution < 1.29 is 9.90 Å². The third-order valence-corrected chi connectivity index (χ3v) is 1.23. The number of Topliss-reactive ketones (excluding diaryl/α,β-unsaturated/α-hetero) is 1. The Balaban J connectivity index is 5.04. The summed E-state index contributed by atoms with van der Waals surface area (Å²) in [5, 5.41) is 9.14. The molecule has 0 rings (SSSR count). The molecule has 0 aromatic heterocycles. The van der Waals surface area contributed by atoms with E-state index in [-0.39, 0.29) is 17.1 Å². The van der Waals surface area contributed by atoms with Crippen LogP contribution < -0.4 is 0 Å². The molecule has 0 saturated carbocycles. The van der Waals surface area contributed by atoms with Crippen LogP contribution in [0.5, 0.6) is 0 Å². The SMILES string of the molecule is C=C/C(O)=C(\C(=C)C)C(C)=O. The molecule has 60 valence electrons. The molecule has 0 fully saturated rings. The third kappa shape index (κ3) is 2.42. The largest absolute Gasteiger partial charge is 0.507 e. The lowest BCUT2D eigenvalue weighted by Crippen LogP contribution is -2.00. The smallest absolute Gasteiger partial charge is 0.163 e. The van der Waals surface area contributed by atoms with E-state index in [1.165, 1.54) is 13.0 Å². The summed E-state index contributed by atoms with van der Waals surface area (Å²) in [6, 6.07) is 0. The highest BCUT2D eigenvalue weighted by molar-refractivity contribution is 5.98. The van der Waals surface area contributed by atoms with E-state index in [1.807, 2.05) is 0 Å². The molecule has 0 aliphatic heterocycles. The van der Waals surface area contributed by atoms with Crippen molar-refractivity contribution in [2.75, 3.05) is 0 Å². The maximum Gasteiger partial charge on any atom is 0.163 e. The van der Waals surface area contributed by atoms with Crippen LogP contribution in [0.2, 0.25) is 0 Å². The highest BCUT2D eigenvalue weighted by Crippen LogP contribution is 2.12. The fourth-order valence-electron chi connectivity index (χ4n) is 0.802. The van der Waals surface area contributed by atoms with Crippen molar-refractivity contribution in [2.45, 2.75) is 13.8 Å². The highest BCUT2D eigenvalue weighted by Gasteiger charge is 2.08. The predicted molar refractivity (Wildman–Crippen MR) is 45.3 cm³/mol. The van der Waals surface area contributed by atoms with E-state index in [2.05, 4.69) is 13.2 Å². The minimum absolute atomic E-state index is 0.106. The fraction of sp³-hybridized carbons (Fsp3) is 0.222. The Morgan fingerprint density at radius 2 is 1.91 bits per heavy atom. The molecule has 2 heteroatoms. The van der Waals surface area contributed by atoms with Crippen LogP contribution in [0.15, 0.2) is 36.1 Å². The van der Waals surface area contributed by atoms with Crippen molar-refractivity contribution in [3.8, 4) is 0 Å². The summed E-state index contributed by atoms with van der Waals surface area (Å²) in [7, 11) is 0. The normalized spacial score (nSPS) is 11.8. The van der Waals surface area contributed by atoms with Gasteiger partial charge in [-0.25, -0.2) is 0 Å². The van der Waals surface area contributed by atoms with Crippen LogP contribution in [-0.4, -0.2) is 10.9 Å². The van der Waals surface area contributed by atoms with Gasteiger partial charge in [0.15, 0.2) is 5.78 Å². The highest BCUT2D eigenvalue weighted by atomic mass is 16.3. The van der Waals surface area contributed by atoms with Gasteiger partial charge in [0.25, 0.3) is 0 Å². The Labute approximate surface area is 66.5 Å². The first kappa shape index (κ1) is 9.69. The van der Waals surface area contributed by atoms with Crippen LogP contribution in [0.3, 0.4) is 0 Å². The first-order valence-corrected chi connectivity index (χ1v) is 3.23. The van der Waals surface area contributed by atoms with Gasteiger partial charge in [-0.1, -0.05) is 13.2 Å². The van der Waals surface area contributed by atoms with Gasteiger partial charge in [-0.2, -0.15) is 0 Å². The lowest BCUT2D eigenvalue weighted by Gasteiger charge is -2.02. The number of aliphatic hydroxyl groups is 1. The lowest BCUT2D eigenvalue weighted by atomic mass is 10.0. The summed E-state index contributed by atoms with van der Waals surface area (Å²) in [4.78, 5) is 10.9. The van der Waals surface area contributed by atoms with Gasteiger partial charge in [0.2, 0.25) is 0 Å². The van der Waals surface area contributed by atoms with Crippen LogP contribution in [0, 0.1) is 0 Å². The topological polar surface area (TPSA) is 37.3 Å². The molecular weight excluding hydrogens is 140 g/mol. The van der Waals surface area contributed by atoms with E-state index in [0.29, 0.717) is 5.57 Å². The summed E-state index contributed by atoms with van der Waals surface area (Å²) in [6.45, 7) is 9.95. The van der Waals surface area contributed by atoms with Crippen molar-refractivity contribution in [3.63, 3.8) is 0 Å². The van der Waals surface area contributed by atoms with E-state index in [0.717, 1.165) is 0 Å². The second kappa shape index (κ2) is 3.76. The van der Waals surface area contributed by atoms with Gasteiger partial charge in [-0.15, -0.1) is 0 Å². The molecule has 0 aromatic carbocycles.